The topological polar surface area (TPSA) is 42.0 Å². The van der Waals surface area contributed by atoms with Crippen LogP contribution in [0.25, 0.3) is 0 Å². The Kier molecular flexibility index (Phi) is 6.07. The lowest BCUT2D eigenvalue weighted by molar-refractivity contribution is 0.0739. The fraction of sp³-hybridized carbons (Fsp3) is 0.316. The quantitative estimate of drug-likeness (QED) is 0.418. The molecule has 0 spiro atoms. The van der Waals surface area contributed by atoms with Gasteiger partial charge in [-0.25, -0.2) is 17.6 Å². The average molecular weight is 433 g/mol. The van der Waals surface area contributed by atoms with E-state index in [0.29, 0.717) is 11.5 Å². The maximum absolute atomic E-state index is 14.2. The van der Waals surface area contributed by atoms with Gasteiger partial charge in [-0.2, -0.15) is 0 Å². The van der Waals surface area contributed by atoms with Crippen molar-refractivity contribution in [2.75, 3.05) is 45.3 Å². The highest BCUT2D eigenvalue weighted by atomic mass is 35.5. The van der Waals surface area contributed by atoms with Crippen LogP contribution in [-0.2, 0) is 0 Å². The molecule has 0 aliphatic carbocycles. The Labute approximate surface area is 169 Å². The smallest absolute Gasteiger partial charge is 0.261 e. The van der Waals surface area contributed by atoms with Crippen molar-refractivity contribution in [3.8, 4) is 11.5 Å². The van der Waals surface area contributed by atoms with E-state index in [4.69, 9.17) is 21.1 Å². The summed E-state index contributed by atoms with van der Waals surface area (Å²) in [7, 11) is 2.83. The largest absolute Gasteiger partial charge is 0.496 e. The molecule has 3 rings (SSSR count). The molecule has 1 aliphatic heterocycles. The minimum Gasteiger partial charge on any atom is -0.496 e. The fourth-order valence-corrected chi connectivity index (χ4v) is 3.39. The zero-order chi connectivity index (χ0) is 21.3. The third kappa shape index (κ3) is 3.66. The lowest BCUT2D eigenvalue weighted by Crippen LogP contribution is -2.49. The predicted octanol–water partition coefficient (Wildman–Crippen LogP) is 3.88. The molecular weight excluding hydrogens is 416 g/mol. The van der Waals surface area contributed by atoms with Crippen LogP contribution < -0.4 is 14.4 Å². The summed E-state index contributed by atoms with van der Waals surface area (Å²) >= 11 is 5.26. The fourth-order valence-electron chi connectivity index (χ4n) is 3.22. The molecule has 1 saturated heterocycles. The lowest BCUT2D eigenvalue weighted by atomic mass is 10.1. The minimum absolute atomic E-state index is 0.0441. The second-order valence-electron chi connectivity index (χ2n) is 6.24. The van der Waals surface area contributed by atoms with Crippen LogP contribution in [0.1, 0.15) is 10.4 Å². The number of hydrogen-bond donors (Lipinski definition) is 0. The van der Waals surface area contributed by atoms with Gasteiger partial charge in [-0.15, -0.1) is 0 Å². The number of hydrogen-bond acceptors (Lipinski definition) is 4. The van der Waals surface area contributed by atoms with E-state index < -0.39 is 39.9 Å². The molecule has 1 amide bonds. The zero-order valence-electron chi connectivity index (χ0n) is 15.6. The van der Waals surface area contributed by atoms with Gasteiger partial charge in [0.15, 0.2) is 23.3 Å². The Morgan fingerprint density at radius 3 is 1.83 bits per heavy atom. The van der Waals surface area contributed by atoms with Crippen molar-refractivity contribution in [2.45, 2.75) is 0 Å². The summed E-state index contributed by atoms with van der Waals surface area (Å²) in [5.74, 6) is -6.21. The van der Waals surface area contributed by atoms with Crippen LogP contribution in [0.4, 0.5) is 23.2 Å². The highest BCUT2D eigenvalue weighted by Crippen LogP contribution is 2.34. The Hall–Kier alpha value is -2.68. The first kappa shape index (κ1) is 21.0. The van der Waals surface area contributed by atoms with E-state index in [2.05, 4.69) is 0 Å². The summed E-state index contributed by atoms with van der Waals surface area (Å²) in [4.78, 5) is 15.5. The highest BCUT2D eigenvalue weighted by Gasteiger charge is 2.32. The van der Waals surface area contributed by atoms with E-state index in [-0.39, 0.29) is 31.7 Å². The Balaban J connectivity index is 1.83. The van der Waals surface area contributed by atoms with E-state index in [1.165, 1.54) is 19.1 Å². The standard InChI is InChI=1S/C19H17ClF4N2O3/c1-28-10-4-3-5-11(29-2)12(10)19(27)26-8-6-25(7-9-26)18-16(23)14(21)13(20)15(22)17(18)24/h3-5H,6-9H2,1-2H3. The Bertz CT molecular complexity index is 898. The van der Waals surface area contributed by atoms with Gasteiger partial charge < -0.3 is 19.3 Å². The van der Waals surface area contributed by atoms with E-state index in [0.717, 1.165) is 4.90 Å². The zero-order valence-corrected chi connectivity index (χ0v) is 16.3. The van der Waals surface area contributed by atoms with Crippen molar-refractivity contribution < 1.29 is 31.8 Å². The molecule has 156 valence electrons. The number of benzene rings is 2. The van der Waals surface area contributed by atoms with Crippen molar-refractivity contribution in [3.63, 3.8) is 0 Å². The Morgan fingerprint density at radius 1 is 0.897 bits per heavy atom. The second-order valence-corrected chi connectivity index (χ2v) is 6.61. The van der Waals surface area contributed by atoms with Gasteiger partial charge in [0.05, 0.1) is 14.2 Å². The monoisotopic (exact) mass is 432 g/mol. The summed E-state index contributed by atoms with van der Waals surface area (Å²) in [5, 5.41) is -1.24. The number of methoxy groups -OCH3 is 2. The van der Waals surface area contributed by atoms with E-state index >= 15 is 0 Å². The van der Waals surface area contributed by atoms with Gasteiger partial charge in [-0.1, -0.05) is 17.7 Å². The number of nitrogens with zero attached hydrogens (tertiary/aromatic N) is 2. The molecule has 0 N–H and O–H groups in total. The molecule has 10 heteroatoms. The molecule has 29 heavy (non-hydrogen) atoms. The third-order valence-corrected chi connectivity index (χ3v) is 5.04. The number of rotatable bonds is 4. The molecule has 0 radical (unpaired) electrons. The number of halogens is 5. The number of amides is 1. The summed E-state index contributed by atoms with van der Waals surface area (Å²) in [6.45, 7) is 0.0324. The normalized spacial score (nSPS) is 14.2. The number of ether oxygens (including phenoxy) is 2. The molecule has 2 aromatic carbocycles. The first-order valence-electron chi connectivity index (χ1n) is 8.58. The maximum Gasteiger partial charge on any atom is 0.261 e. The highest BCUT2D eigenvalue weighted by molar-refractivity contribution is 6.31. The molecule has 2 aromatic rings. The van der Waals surface area contributed by atoms with E-state index in [1.807, 2.05) is 0 Å². The van der Waals surface area contributed by atoms with Crippen molar-refractivity contribution in [3.05, 3.63) is 52.1 Å². The Morgan fingerprint density at radius 2 is 1.38 bits per heavy atom. The lowest BCUT2D eigenvalue weighted by Gasteiger charge is -2.36. The molecular formula is C19H17ClF4N2O3. The van der Waals surface area contributed by atoms with Gasteiger partial charge in [-0.3, -0.25) is 4.79 Å². The van der Waals surface area contributed by atoms with Crippen LogP contribution in [0.15, 0.2) is 18.2 Å². The van der Waals surface area contributed by atoms with Crippen molar-refractivity contribution >= 4 is 23.2 Å². The molecule has 0 saturated carbocycles. The van der Waals surface area contributed by atoms with Crippen LogP contribution in [0.5, 0.6) is 11.5 Å². The summed E-state index contributed by atoms with van der Waals surface area (Å²) in [6.07, 6.45) is 0. The van der Waals surface area contributed by atoms with Gasteiger partial charge >= 0.3 is 0 Å². The van der Waals surface area contributed by atoms with E-state index in [9.17, 15) is 22.4 Å². The van der Waals surface area contributed by atoms with Crippen LogP contribution in [-0.4, -0.2) is 51.2 Å². The first-order valence-corrected chi connectivity index (χ1v) is 8.96. The molecule has 0 bridgehead atoms. The van der Waals surface area contributed by atoms with E-state index in [1.54, 1.807) is 18.2 Å². The number of piperazine rings is 1. The van der Waals surface area contributed by atoms with Crippen molar-refractivity contribution in [1.29, 1.82) is 0 Å². The molecule has 0 atom stereocenters. The van der Waals surface area contributed by atoms with Crippen LogP contribution in [0.2, 0.25) is 5.02 Å². The number of anilines is 1. The maximum atomic E-state index is 14.2. The molecule has 1 fully saturated rings. The summed E-state index contributed by atoms with van der Waals surface area (Å²) in [6, 6.07) is 4.88. The predicted molar refractivity (Wildman–Crippen MR) is 98.9 cm³/mol. The SMILES string of the molecule is COc1cccc(OC)c1C(=O)N1CCN(c2c(F)c(F)c(Cl)c(F)c2F)CC1. The van der Waals surface area contributed by atoms with Crippen LogP contribution >= 0.6 is 11.6 Å². The van der Waals surface area contributed by atoms with Crippen LogP contribution in [0.3, 0.4) is 0 Å². The van der Waals surface area contributed by atoms with Crippen molar-refractivity contribution in [1.82, 2.24) is 4.90 Å². The summed E-state index contributed by atoms with van der Waals surface area (Å²) < 4.78 is 66.3. The average Bonchev–Trinajstić information content (AvgIpc) is 2.75. The number of carbonyl (C=O) groups excluding carboxylic acids is 1. The molecule has 0 unspecified atom stereocenters. The summed E-state index contributed by atoms with van der Waals surface area (Å²) in [5.41, 5.74) is -0.627. The molecule has 1 aliphatic rings. The first-order chi connectivity index (χ1) is 13.8. The third-order valence-electron chi connectivity index (χ3n) is 4.71. The minimum atomic E-state index is -1.65. The van der Waals surface area contributed by atoms with Crippen LogP contribution in [0, 0.1) is 23.3 Å². The van der Waals surface area contributed by atoms with Gasteiger partial charge in [0.1, 0.15) is 27.8 Å². The van der Waals surface area contributed by atoms with Gasteiger partial charge in [0, 0.05) is 26.2 Å². The van der Waals surface area contributed by atoms with Gasteiger partial charge in [-0.05, 0) is 12.1 Å². The number of carbonyl (C=O) groups is 1. The second kappa shape index (κ2) is 8.36. The molecule has 1 heterocycles. The van der Waals surface area contributed by atoms with Crippen molar-refractivity contribution in [2.24, 2.45) is 0 Å². The van der Waals surface area contributed by atoms with Gasteiger partial charge in [0.2, 0.25) is 0 Å². The molecule has 5 nitrogen and oxygen atoms in total. The molecule has 0 aromatic heterocycles. The van der Waals surface area contributed by atoms with Gasteiger partial charge in [0.25, 0.3) is 5.91 Å².